The van der Waals surface area contributed by atoms with Crippen LogP contribution in [0, 0.1) is 12.3 Å². The molecule has 0 bridgehead atoms. The van der Waals surface area contributed by atoms with Crippen LogP contribution >= 0.6 is 15.9 Å². The number of anilines is 1. The zero-order valence-corrected chi connectivity index (χ0v) is 19.4. The second-order valence-corrected chi connectivity index (χ2v) is 9.10. The SMILES string of the molecule is C#CCOC(=O)c1cccc(-c2cc(-c3ccccc3)c(N)c(C(N)=O)c2S(N)(=O)=O)c1Br. The van der Waals surface area contributed by atoms with Crippen LogP contribution in [0.15, 0.2) is 64.0 Å². The van der Waals surface area contributed by atoms with Crippen LogP contribution in [0.2, 0.25) is 0 Å². The Morgan fingerprint density at radius 1 is 1.03 bits per heavy atom. The number of amides is 1. The molecule has 0 saturated heterocycles. The maximum Gasteiger partial charge on any atom is 0.340 e. The van der Waals surface area contributed by atoms with E-state index in [-0.39, 0.29) is 33.5 Å². The molecule has 6 N–H and O–H groups in total. The van der Waals surface area contributed by atoms with Crippen LogP contribution in [0.1, 0.15) is 20.7 Å². The number of esters is 1. The Bertz CT molecular complexity index is 1410. The predicted octanol–water partition coefficient (Wildman–Crippen LogP) is 2.90. The molecule has 0 atom stereocenters. The van der Waals surface area contributed by atoms with E-state index in [2.05, 4.69) is 21.9 Å². The smallest absolute Gasteiger partial charge is 0.340 e. The molecule has 0 saturated carbocycles. The van der Waals surface area contributed by atoms with Gasteiger partial charge in [0.1, 0.15) is 4.90 Å². The summed E-state index contributed by atoms with van der Waals surface area (Å²) in [6.07, 6.45) is 5.14. The Hall–Kier alpha value is -3.65. The Morgan fingerprint density at radius 2 is 1.70 bits per heavy atom. The van der Waals surface area contributed by atoms with Gasteiger partial charge in [0.2, 0.25) is 10.0 Å². The molecule has 3 rings (SSSR count). The van der Waals surface area contributed by atoms with Gasteiger partial charge in [0.15, 0.2) is 6.61 Å². The number of hydrogen-bond acceptors (Lipinski definition) is 6. The molecule has 0 aliphatic carbocycles. The highest BCUT2D eigenvalue weighted by atomic mass is 79.9. The second kappa shape index (κ2) is 9.46. The van der Waals surface area contributed by atoms with E-state index in [4.69, 9.17) is 27.8 Å². The summed E-state index contributed by atoms with van der Waals surface area (Å²) in [5.74, 6) is 0.394. The van der Waals surface area contributed by atoms with Gasteiger partial charge in [-0.15, -0.1) is 6.42 Å². The number of primary amides is 1. The summed E-state index contributed by atoms with van der Waals surface area (Å²) in [7, 11) is -4.49. The average Bonchev–Trinajstić information content (AvgIpc) is 2.77. The summed E-state index contributed by atoms with van der Waals surface area (Å²) in [5.41, 5.74) is 12.5. The van der Waals surface area contributed by atoms with E-state index in [9.17, 15) is 18.0 Å². The summed E-state index contributed by atoms with van der Waals surface area (Å²) in [6.45, 7) is -0.246. The summed E-state index contributed by atoms with van der Waals surface area (Å²) < 4.78 is 30.4. The summed E-state index contributed by atoms with van der Waals surface area (Å²) in [4.78, 5) is 24.2. The number of ether oxygens (including phenoxy) is 1. The molecule has 168 valence electrons. The van der Waals surface area contributed by atoms with Crippen molar-refractivity contribution < 1.29 is 22.7 Å². The largest absolute Gasteiger partial charge is 0.449 e. The Kier molecular flexibility index (Phi) is 6.88. The van der Waals surface area contributed by atoms with E-state index in [1.54, 1.807) is 36.4 Å². The van der Waals surface area contributed by atoms with Crippen molar-refractivity contribution in [3.05, 3.63) is 70.2 Å². The lowest BCUT2D eigenvalue weighted by Crippen LogP contribution is -2.23. The first kappa shape index (κ1) is 24.0. The van der Waals surface area contributed by atoms with Crippen LogP contribution in [-0.2, 0) is 14.8 Å². The highest BCUT2D eigenvalue weighted by molar-refractivity contribution is 9.10. The fourth-order valence-corrected chi connectivity index (χ4v) is 4.97. The van der Waals surface area contributed by atoms with E-state index in [0.29, 0.717) is 11.1 Å². The molecule has 10 heteroatoms. The minimum Gasteiger partial charge on any atom is -0.449 e. The van der Waals surface area contributed by atoms with Crippen LogP contribution < -0.4 is 16.6 Å². The molecule has 0 unspecified atom stereocenters. The molecule has 33 heavy (non-hydrogen) atoms. The minimum absolute atomic E-state index is 0.0258. The number of nitrogens with two attached hydrogens (primary N) is 3. The molecule has 0 radical (unpaired) electrons. The number of primary sulfonamides is 1. The van der Waals surface area contributed by atoms with Gasteiger partial charge in [-0.05, 0) is 39.2 Å². The van der Waals surface area contributed by atoms with Crippen molar-refractivity contribution in [1.82, 2.24) is 0 Å². The van der Waals surface area contributed by atoms with Crippen molar-refractivity contribution in [1.29, 1.82) is 0 Å². The quantitative estimate of drug-likeness (QED) is 0.254. The number of terminal acetylenes is 1. The molecule has 3 aromatic rings. The fourth-order valence-electron chi connectivity index (χ4n) is 3.36. The first-order chi connectivity index (χ1) is 15.6. The van der Waals surface area contributed by atoms with Crippen LogP contribution in [-0.4, -0.2) is 26.9 Å². The van der Waals surface area contributed by atoms with E-state index in [1.165, 1.54) is 18.2 Å². The molecule has 0 fully saturated rings. The molecule has 1 amide bonds. The normalized spacial score (nSPS) is 10.9. The first-order valence-corrected chi connectivity index (χ1v) is 11.7. The highest BCUT2D eigenvalue weighted by Gasteiger charge is 2.29. The lowest BCUT2D eigenvalue weighted by atomic mass is 9.93. The topological polar surface area (TPSA) is 156 Å². The van der Waals surface area contributed by atoms with E-state index in [0.717, 1.165) is 0 Å². The standard InChI is InChI=1S/C23H18BrN3O5S/c1-2-11-32-23(29)15-10-6-9-14(19(15)24)17-12-16(13-7-4-3-5-8-13)20(25)18(22(26)28)21(17)33(27,30)31/h1,3-10,12H,11,25H2,(H2,26,28)(H2,27,30,31). The van der Waals surface area contributed by atoms with Gasteiger partial charge >= 0.3 is 5.97 Å². The molecule has 0 aromatic heterocycles. The number of halogens is 1. The van der Waals surface area contributed by atoms with E-state index < -0.39 is 32.4 Å². The van der Waals surface area contributed by atoms with Gasteiger partial charge in [-0.2, -0.15) is 0 Å². The Labute approximate surface area is 198 Å². The number of benzene rings is 3. The van der Waals surface area contributed by atoms with Crippen molar-refractivity contribution >= 4 is 43.5 Å². The summed E-state index contributed by atoms with van der Waals surface area (Å²) >= 11 is 3.34. The zero-order valence-electron chi connectivity index (χ0n) is 17.0. The maximum absolute atomic E-state index is 12.6. The zero-order chi connectivity index (χ0) is 24.3. The molecule has 0 heterocycles. The van der Waals surface area contributed by atoms with Gasteiger partial charge in [-0.1, -0.05) is 48.4 Å². The Balaban J connectivity index is 2.44. The number of carbonyl (C=O) groups excluding carboxylic acids is 2. The van der Waals surface area contributed by atoms with E-state index >= 15 is 0 Å². The number of carbonyl (C=O) groups is 2. The average molecular weight is 528 g/mol. The molecule has 3 aromatic carbocycles. The predicted molar refractivity (Wildman–Crippen MR) is 128 cm³/mol. The monoisotopic (exact) mass is 527 g/mol. The lowest BCUT2D eigenvalue weighted by molar-refractivity contribution is 0.0555. The number of nitrogen functional groups attached to an aromatic ring is 1. The van der Waals surface area contributed by atoms with E-state index in [1.807, 2.05) is 0 Å². The third-order valence-electron chi connectivity index (χ3n) is 4.73. The van der Waals surface area contributed by atoms with Crippen LogP contribution in [0.4, 0.5) is 5.69 Å². The minimum atomic E-state index is -4.49. The van der Waals surface area contributed by atoms with Gasteiger partial charge in [0.25, 0.3) is 5.91 Å². The van der Waals surface area contributed by atoms with Crippen molar-refractivity contribution in [2.45, 2.75) is 4.90 Å². The number of hydrogen-bond donors (Lipinski definition) is 3. The second-order valence-electron chi connectivity index (χ2n) is 6.81. The van der Waals surface area contributed by atoms with Crippen molar-refractivity contribution in [3.63, 3.8) is 0 Å². The van der Waals surface area contributed by atoms with Gasteiger partial charge < -0.3 is 16.2 Å². The van der Waals surface area contributed by atoms with Crippen molar-refractivity contribution in [2.75, 3.05) is 12.3 Å². The van der Waals surface area contributed by atoms with Crippen molar-refractivity contribution in [2.24, 2.45) is 10.9 Å². The van der Waals surface area contributed by atoms with Gasteiger partial charge in [-0.25, -0.2) is 18.4 Å². The molecule has 0 aliphatic heterocycles. The fraction of sp³-hybridized carbons (Fsp3) is 0.0435. The van der Waals surface area contributed by atoms with Crippen molar-refractivity contribution in [3.8, 4) is 34.6 Å². The molecule has 8 nitrogen and oxygen atoms in total. The number of sulfonamides is 1. The molecule has 0 spiro atoms. The third kappa shape index (κ3) is 4.75. The third-order valence-corrected chi connectivity index (χ3v) is 6.58. The molecular weight excluding hydrogens is 510 g/mol. The number of rotatable bonds is 6. The summed E-state index contributed by atoms with van der Waals surface area (Å²) in [5, 5.41) is 5.48. The first-order valence-electron chi connectivity index (χ1n) is 9.31. The molecule has 0 aliphatic rings. The van der Waals surface area contributed by atoms with Crippen LogP contribution in [0.25, 0.3) is 22.3 Å². The van der Waals surface area contributed by atoms with Crippen LogP contribution in [0.3, 0.4) is 0 Å². The lowest BCUT2D eigenvalue weighted by Gasteiger charge is -2.19. The highest BCUT2D eigenvalue weighted by Crippen LogP contribution is 2.42. The Morgan fingerprint density at radius 3 is 2.27 bits per heavy atom. The van der Waals surface area contributed by atoms with Gasteiger partial charge in [0, 0.05) is 15.6 Å². The maximum atomic E-state index is 12.6. The van der Waals surface area contributed by atoms with Crippen LogP contribution in [0.5, 0.6) is 0 Å². The summed E-state index contributed by atoms with van der Waals surface area (Å²) in [6, 6.07) is 14.8. The van der Waals surface area contributed by atoms with Gasteiger partial charge in [0.05, 0.1) is 16.8 Å². The van der Waals surface area contributed by atoms with Gasteiger partial charge in [-0.3, -0.25) is 4.79 Å². The molecular formula is C23H18BrN3O5S.